The van der Waals surface area contributed by atoms with Gasteiger partial charge in [-0.2, -0.15) is 4.68 Å². The number of nitrogens with zero attached hydrogens (tertiary/aromatic N) is 5. The zero-order valence-corrected chi connectivity index (χ0v) is 16.3. The minimum absolute atomic E-state index is 0.185. The lowest BCUT2D eigenvalue weighted by molar-refractivity contribution is 0.157. The van der Waals surface area contributed by atoms with Gasteiger partial charge in [0.1, 0.15) is 0 Å². The van der Waals surface area contributed by atoms with Crippen molar-refractivity contribution in [3.05, 3.63) is 40.3 Å². The van der Waals surface area contributed by atoms with Crippen LogP contribution in [0, 0.1) is 0 Å². The van der Waals surface area contributed by atoms with Crippen LogP contribution in [0.2, 0.25) is 0 Å². The number of tetrazole rings is 1. The van der Waals surface area contributed by atoms with Crippen molar-refractivity contribution in [3.8, 4) is 5.69 Å². The van der Waals surface area contributed by atoms with Gasteiger partial charge in [-0.3, -0.25) is 0 Å². The average molecular weight is 371 g/mol. The van der Waals surface area contributed by atoms with E-state index in [1.807, 2.05) is 31.2 Å². The summed E-state index contributed by atoms with van der Waals surface area (Å²) in [6.07, 6.45) is 8.41. The molecule has 2 aromatic rings. The number of carbonyl (C=O) groups excluding carboxylic acids is 1. The number of hydrogen-bond acceptors (Lipinski definition) is 4. The molecule has 0 atom stereocenters. The topological polar surface area (TPSA) is 73.0 Å². The summed E-state index contributed by atoms with van der Waals surface area (Å²) in [6, 6.07) is 7.50. The number of carbonyl (C=O) groups is 1. The molecule has 1 aromatic heterocycles. The van der Waals surface area contributed by atoms with E-state index in [1.165, 1.54) is 11.1 Å². The second-order valence-corrected chi connectivity index (χ2v) is 7.18. The Hall–Kier alpha value is -2.44. The van der Waals surface area contributed by atoms with Crippen LogP contribution in [0.25, 0.3) is 5.69 Å². The Morgan fingerprint density at radius 1 is 1.15 bits per heavy atom. The van der Waals surface area contributed by atoms with E-state index in [4.69, 9.17) is 0 Å². The zero-order chi connectivity index (χ0) is 19.2. The van der Waals surface area contributed by atoms with Crippen LogP contribution in [0.4, 0.5) is 4.79 Å². The molecular weight excluding hydrogens is 342 g/mol. The lowest BCUT2D eigenvalue weighted by Crippen LogP contribution is -2.47. The van der Waals surface area contributed by atoms with E-state index in [1.54, 1.807) is 4.90 Å². The van der Waals surface area contributed by atoms with Crippen LogP contribution < -0.4 is 5.69 Å². The van der Waals surface area contributed by atoms with Crippen molar-refractivity contribution in [1.29, 1.82) is 0 Å². The minimum atomic E-state index is -0.502. The van der Waals surface area contributed by atoms with E-state index in [0.29, 0.717) is 12.2 Å². The molecule has 1 amide bonds. The third-order valence-electron chi connectivity index (χ3n) is 5.38. The van der Waals surface area contributed by atoms with Gasteiger partial charge in [0.25, 0.3) is 0 Å². The summed E-state index contributed by atoms with van der Waals surface area (Å²) < 4.78 is 2.16. The van der Waals surface area contributed by atoms with Crippen LogP contribution in [0.5, 0.6) is 0 Å². The summed E-state index contributed by atoms with van der Waals surface area (Å²) in [5, 5.41) is 7.91. The molecule has 7 nitrogen and oxygen atoms in total. The molecule has 1 fully saturated rings. The number of unbranched alkanes of at least 4 members (excludes halogenated alkanes) is 1. The highest BCUT2D eigenvalue weighted by Gasteiger charge is 2.28. The Balaban J connectivity index is 1.89. The molecule has 0 radical (unpaired) electrons. The van der Waals surface area contributed by atoms with Crippen LogP contribution in [-0.2, 0) is 6.42 Å². The van der Waals surface area contributed by atoms with Gasteiger partial charge in [-0.1, -0.05) is 50.8 Å². The number of amides is 1. The average Bonchev–Trinajstić information content (AvgIpc) is 3.09. The summed E-state index contributed by atoms with van der Waals surface area (Å²) in [5.41, 5.74) is 1.24. The largest absolute Gasteiger partial charge is 0.377 e. The highest BCUT2D eigenvalue weighted by Crippen LogP contribution is 2.23. The van der Waals surface area contributed by atoms with E-state index in [2.05, 4.69) is 17.4 Å². The summed E-state index contributed by atoms with van der Waals surface area (Å²) in [6.45, 7) is 4.65. The lowest BCUT2D eigenvalue weighted by atomic mass is 9.94. The van der Waals surface area contributed by atoms with E-state index in [-0.39, 0.29) is 12.1 Å². The van der Waals surface area contributed by atoms with Gasteiger partial charge in [0, 0.05) is 12.6 Å². The maximum absolute atomic E-state index is 13.0. The molecule has 1 aliphatic rings. The van der Waals surface area contributed by atoms with Crippen molar-refractivity contribution in [2.24, 2.45) is 0 Å². The molecule has 1 heterocycles. The van der Waals surface area contributed by atoms with Gasteiger partial charge < -0.3 is 4.90 Å². The summed E-state index contributed by atoms with van der Waals surface area (Å²) in [5.74, 6) is 0. The Bertz CT molecular complexity index is 820. The summed E-state index contributed by atoms with van der Waals surface area (Å²) >= 11 is 0. The Labute approximate surface area is 160 Å². The first-order chi connectivity index (χ1) is 13.2. The standard InChI is InChI=1S/C20H29N5O2/c1-3-5-11-16-12-9-10-15-18(16)24-20(27)25(22-21-24)19(26)23(4-2)17-13-7-6-8-14-17/h9-10,12,15,17H,3-8,11,13-14H2,1-2H3. The molecule has 0 N–H and O–H groups in total. The molecule has 3 rings (SSSR count). The maximum atomic E-state index is 13.0. The SMILES string of the molecule is CCCCc1ccccc1-n1nnn(C(=O)N(CC)C2CCCCC2)c1=O. The van der Waals surface area contributed by atoms with E-state index >= 15 is 0 Å². The predicted octanol–water partition coefficient (Wildman–Crippen LogP) is 3.39. The van der Waals surface area contributed by atoms with E-state index in [0.717, 1.165) is 55.2 Å². The van der Waals surface area contributed by atoms with Gasteiger partial charge in [-0.15, -0.1) is 4.68 Å². The summed E-state index contributed by atoms with van der Waals surface area (Å²) in [7, 11) is 0. The van der Waals surface area contributed by atoms with Gasteiger partial charge >= 0.3 is 11.7 Å². The quantitative estimate of drug-likeness (QED) is 0.730. The fourth-order valence-electron chi connectivity index (χ4n) is 3.88. The van der Waals surface area contributed by atoms with Gasteiger partial charge in [0.05, 0.1) is 5.69 Å². The highest BCUT2D eigenvalue weighted by atomic mass is 16.2. The first kappa shape index (κ1) is 19.3. The van der Waals surface area contributed by atoms with Crippen LogP contribution >= 0.6 is 0 Å². The van der Waals surface area contributed by atoms with Gasteiger partial charge in [0.15, 0.2) is 0 Å². The number of para-hydroxylation sites is 1. The molecule has 1 aromatic carbocycles. The van der Waals surface area contributed by atoms with Gasteiger partial charge in [-0.25, -0.2) is 9.59 Å². The van der Waals surface area contributed by atoms with Gasteiger partial charge in [-0.05, 0) is 54.7 Å². The molecule has 146 valence electrons. The fourth-order valence-corrected chi connectivity index (χ4v) is 3.88. The number of hydrogen-bond donors (Lipinski definition) is 0. The predicted molar refractivity (Wildman–Crippen MR) is 104 cm³/mol. The third kappa shape index (κ3) is 4.12. The Morgan fingerprint density at radius 3 is 2.59 bits per heavy atom. The Morgan fingerprint density at radius 2 is 1.89 bits per heavy atom. The number of benzene rings is 1. The van der Waals surface area contributed by atoms with Gasteiger partial charge in [0.2, 0.25) is 0 Å². The van der Waals surface area contributed by atoms with Crippen molar-refractivity contribution >= 4 is 6.03 Å². The normalized spacial score (nSPS) is 15.0. The number of rotatable bonds is 6. The zero-order valence-electron chi connectivity index (χ0n) is 16.3. The molecule has 1 saturated carbocycles. The first-order valence-electron chi connectivity index (χ1n) is 10.1. The number of aryl methyl sites for hydroxylation is 1. The fraction of sp³-hybridized carbons (Fsp3) is 0.600. The van der Waals surface area contributed by atoms with E-state index < -0.39 is 5.69 Å². The van der Waals surface area contributed by atoms with Crippen molar-refractivity contribution in [1.82, 2.24) is 24.7 Å². The van der Waals surface area contributed by atoms with Crippen LogP contribution in [-0.4, -0.2) is 43.3 Å². The van der Waals surface area contributed by atoms with Crippen molar-refractivity contribution < 1.29 is 4.79 Å². The minimum Gasteiger partial charge on any atom is -0.320 e. The number of aromatic nitrogens is 4. The molecule has 0 aliphatic heterocycles. The van der Waals surface area contributed by atoms with Crippen LogP contribution in [0.3, 0.4) is 0 Å². The van der Waals surface area contributed by atoms with Crippen molar-refractivity contribution in [2.75, 3.05) is 6.54 Å². The summed E-state index contributed by atoms with van der Waals surface area (Å²) in [4.78, 5) is 27.6. The molecular formula is C20H29N5O2. The molecule has 0 spiro atoms. The van der Waals surface area contributed by atoms with Crippen molar-refractivity contribution in [3.63, 3.8) is 0 Å². The molecule has 1 aliphatic carbocycles. The molecule has 0 saturated heterocycles. The van der Waals surface area contributed by atoms with Crippen molar-refractivity contribution in [2.45, 2.75) is 71.3 Å². The van der Waals surface area contributed by atoms with Crippen LogP contribution in [0.1, 0.15) is 64.4 Å². The van der Waals surface area contributed by atoms with Crippen LogP contribution in [0.15, 0.2) is 29.1 Å². The second kappa shape index (κ2) is 8.97. The lowest BCUT2D eigenvalue weighted by Gasteiger charge is -2.32. The Kier molecular flexibility index (Phi) is 6.42. The van der Waals surface area contributed by atoms with E-state index in [9.17, 15) is 9.59 Å². The highest BCUT2D eigenvalue weighted by molar-refractivity contribution is 5.75. The molecule has 7 heteroatoms. The smallest absolute Gasteiger partial charge is 0.320 e. The monoisotopic (exact) mass is 371 g/mol. The first-order valence-corrected chi connectivity index (χ1v) is 10.1. The maximum Gasteiger partial charge on any atom is 0.377 e. The molecule has 27 heavy (non-hydrogen) atoms. The molecule has 0 unspecified atom stereocenters. The third-order valence-corrected chi connectivity index (χ3v) is 5.38. The second-order valence-electron chi connectivity index (χ2n) is 7.18. The molecule has 0 bridgehead atoms.